The number of para-hydroxylation sites is 1. The molecule has 0 aromatic heterocycles. The first-order valence-corrected chi connectivity index (χ1v) is 10.0. The third-order valence-electron chi connectivity index (χ3n) is 3.78. The smallest absolute Gasteiger partial charge is 0.213 e. The Balaban J connectivity index is 2.28. The Labute approximate surface area is 151 Å². The summed E-state index contributed by atoms with van der Waals surface area (Å²) >= 11 is 0. The third kappa shape index (κ3) is 7.74. The van der Waals surface area contributed by atoms with Crippen molar-refractivity contribution in [3.63, 3.8) is 0 Å². The molecule has 1 aromatic carbocycles. The maximum absolute atomic E-state index is 11.7. The van der Waals surface area contributed by atoms with E-state index >= 15 is 0 Å². The van der Waals surface area contributed by atoms with Crippen LogP contribution < -0.4 is 10.1 Å². The van der Waals surface area contributed by atoms with Gasteiger partial charge in [0, 0.05) is 34.2 Å². The van der Waals surface area contributed by atoms with Crippen molar-refractivity contribution in [1.82, 2.24) is 14.5 Å². The summed E-state index contributed by atoms with van der Waals surface area (Å²) in [5, 5.41) is 3.24. The molecule has 0 saturated carbocycles. The quantitative estimate of drug-likeness (QED) is 0.381. The predicted octanol–water partition coefficient (Wildman–Crippen LogP) is 1.24. The second-order valence-electron chi connectivity index (χ2n) is 5.63. The number of sulfonamides is 1. The summed E-state index contributed by atoms with van der Waals surface area (Å²) in [5.41, 5.74) is 0. The number of nitrogens with one attached hydrogen (secondary N) is 1. The molecule has 0 amide bonds. The molecular weight excluding hydrogens is 340 g/mol. The molecule has 0 aliphatic carbocycles. The van der Waals surface area contributed by atoms with Crippen molar-refractivity contribution < 1.29 is 13.2 Å². The van der Waals surface area contributed by atoms with Crippen LogP contribution in [0, 0.1) is 0 Å². The summed E-state index contributed by atoms with van der Waals surface area (Å²) in [7, 11) is 2.17. The number of likely N-dealkylation sites (N-methyl/N-ethyl adjacent to an activating group) is 1. The minimum atomic E-state index is -3.11. The number of hydrogen-bond acceptors (Lipinski definition) is 4. The van der Waals surface area contributed by atoms with Crippen LogP contribution in [0.25, 0.3) is 0 Å². The molecule has 25 heavy (non-hydrogen) atoms. The SMILES string of the molecule is CCS(=O)(=O)N(C)CCCNC(=NC)N(C)CCOc1ccccc1. The van der Waals surface area contributed by atoms with Crippen LogP contribution in [0.2, 0.25) is 0 Å². The molecule has 0 aliphatic rings. The van der Waals surface area contributed by atoms with Gasteiger partial charge in [0.15, 0.2) is 5.96 Å². The molecule has 1 aromatic rings. The first-order valence-electron chi connectivity index (χ1n) is 8.44. The molecule has 0 heterocycles. The lowest BCUT2D eigenvalue weighted by molar-refractivity contribution is 0.281. The summed E-state index contributed by atoms with van der Waals surface area (Å²) in [6, 6.07) is 9.68. The van der Waals surface area contributed by atoms with Gasteiger partial charge in [0.05, 0.1) is 12.3 Å². The second kappa shape index (κ2) is 10.9. The van der Waals surface area contributed by atoms with Gasteiger partial charge in [-0.3, -0.25) is 4.99 Å². The maximum atomic E-state index is 11.7. The number of hydrogen-bond donors (Lipinski definition) is 1. The summed E-state index contributed by atoms with van der Waals surface area (Å²) < 4.78 is 30.5. The highest BCUT2D eigenvalue weighted by atomic mass is 32.2. The van der Waals surface area contributed by atoms with Crippen LogP contribution in [-0.2, 0) is 10.0 Å². The Hall–Kier alpha value is -1.80. The van der Waals surface area contributed by atoms with Crippen molar-refractivity contribution in [3.05, 3.63) is 30.3 Å². The van der Waals surface area contributed by atoms with E-state index in [9.17, 15) is 8.42 Å². The van der Waals surface area contributed by atoms with E-state index in [0.29, 0.717) is 32.7 Å². The van der Waals surface area contributed by atoms with Gasteiger partial charge in [-0.1, -0.05) is 18.2 Å². The van der Waals surface area contributed by atoms with Gasteiger partial charge in [-0.2, -0.15) is 0 Å². The van der Waals surface area contributed by atoms with Crippen LogP contribution >= 0.6 is 0 Å². The van der Waals surface area contributed by atoms with Gasteiger partial charge in [-0.15, -0.1) is 0 Å². The molecule has 8 heteroatoms. The van der Waals surface area contributed by atoms with Crippen molar-refractivity contribution in [2.75, 3.05) is 53.1 Å². The van der Waals surface area contributed by atoms with E-state index in [0.717, 1.165) is 11.7 Å². The van der Waals surface area contributed by atoms with E-state index in [1.807, 2.05) is 42.3 Å². The molecule has 142 valence electrons. The van der Waals surface area contributed by atoms with E-state index in [1.54, 1.807) is 21.0 Å². The molecule has 0 atom stereocenters. The third-order valence-corrected chi connectivity index (χ3v) is 5.65. The number of guanidine groups is 1. The van der Waals surface area contributed by atoms with Gasteiger partial charge in [0.1, 0.15) is 12.4 Å². The number of nitrogens with zero attached hydrogens (tertiary/aromatic N) is 3. The molecule has 0 radical (unpaired) electrons. The normalized spacial score (nSPS) is 12.3. The van der Waals surface area contributed by atoms with Crippen molar-refractivity contribution in [2.45, 2.75) is 13.3 Å². The number of rotatable bonds is 10. The van der Waals surface area contributed by atoms with Crippen molar-refractivity contribution in [2.24, 2.45) is 4.99 Å². The Morgan fingerprint density at radius 3 is 2.48 bits per heavy atom. The van der Waals surface area contributed by atoms with Gasteiger partial charge in [0.25, 0.3) is 0 Å². The molecule has 0 saturated heterocycles. The zero-order chi connectivity index (χ0) is 18.7. The maximum Gasteiger partial charge on any atom is 0.213 e. The van der Waals surface area contributed by atoms with Gasteiger partial charge in [-0.05, 0) is 25.5 Å². The minimum absolute atomic E-state index is 0.128. The van der Waals surface area contributed by atoms with Crippen molar-refractivity contribution >= 4 is 16.0 Å². The fraction of sp³-hybridized carbons (Fsp3) is 0.588. The monoisotopic (exact) mass is 370 g/mol. The first-order chi connectivity index (χ1) is 11.9. The van der Waals surface area contributed by atoms with Crippen LogP contribution in [0.5, 0.6) is 5.75 Å². The molecule has 0 bridgehead atoms. The fourth-order valence-electron chi connectivity index (χ4n) is 2.17. The Kier molecular flexibility index (Phi) is 9.30. The lowest BCUT2D eigenvalue weighted by atomic mass is 10.3. The topological polar surface area (TPSA) is 74.2 Å². The zero-order valence-electron chi connectivity index (χ0n) is 15.6. The van der Waals surface area contributed by atoms with E-state index in [2.05, 4.69) is 10.3 Å². The second-order valence-corrected chi connectivity index (χ2v) is 8.00. The summed E-state index contributed by atoms with van der Waals surface area (Å²) in [5.74, 6) is 1.74. The molecule has 0 spiro atoms. The largest absolute Gasteiger partial charge is 0.492 e. The zero-order valence-corrected chi connectivity index (χ0v) is 16.4. The van der Waals surface area contributed by atoms with Crippen LogP contribution in [-0.4, -0.2) is 76.7 Å². The molecule has 7 nitrogen and oxygen atoms in total. The predicted molar refractivity (Wildman–Crippen MR) is 103 cm³/mol. The molecule has 1 N–H and O–H groups in total. The first kappa shape index (κ1) is 21.2. The Morgan fingerprint density at radius 2 is 1.88 bits per heavy atom. The molecule has 1 rings (SSSR count). The van der Waals surface area contributed by atoms with Gasteiger partial charge >= 0.3 is 0 Å². The number of aliphatic imine (C=N–C) groups is 1. The van der Waals surface area contributed by atoms with E-state index in [-0.39, 0.29) is 5.75 Å². The van der Waals surface area contributed by atoms with E-state index in [4.69, 9.17) is 4.74 Å². The lowest BCUT2D eigenvalue weighted by Crippen LogP contribution is -2.42. The van der Waals surface area contributed by atoms with Crippen LogP contribution in [0.3, 0.4) is 0 Å². The minimum Gasteiger partial charge on any atom is -0.492 e. The van der Waals surface area contributed by atoms with Gasteiger partial charge in [0.2, 0.25) is 10.0 Å². The molecule has 0 aliphatic heterocycles. The van der Waals surface area contributed by atoms with Crippen molar-refractivity contribution in [3.8, 4) is 5.75 Å². The summed E-state index contributed by atoms with van der Waals surface area (Å²) in [4.78, 5) is 6.22. The highest BCUT2D eigenvalue weighted by Crippen LogP contribution is 2.07. The molecule has 0 fully saturated rings. The average Bonchev–Trinajstić information content (AvgIpc) is 2.62. The highest BCUT2D eigenvalue weighted by molar-refractivity contribution is 7.89. The summed E-state index contributed by atoms with van der Waals surface area (Å²) in [6.45, 7) is 4.04. The number of ether oxygens (including phenoxy) is 1. The van der Waals surface area contributed by atoms with Crippen LogP contribution in [0.15, 0.2) is 35.3 Å². The van der Waals surface area contributed by atoms with Crippen molar-refractivity contribution in [1.29, 1.82) is 0 Å². The average molecular weight is 371 g/mol. The van der Waals surface area contributed by atoms with Gasteiger partial charge in [-0.25, -0.2) is 12.7 Å². The molecule has 0 unspecified atom stereocenters. The Bertz CT molecular complexity index is 620. The van der Waals surface area contributed by atoms with Crippen LogP contribution in [0.1, 0.15) is 13.3 Å². The Morgan fingerprint density at radius 1 is 1.20 bits per heavy atom. The highest BCUT2D eigenvalue weighted by Gasteiger charge is 2.14. The van der Waals surface area contributed by atoms with E-state index < -0.39 is 10.0 Å². The van der Waals surface area contributed by atoms with Gasteiger partial charge < -0.3 is 15.0 Å². The standard InChI is InChI=1S/C17H30N4O3S/c1-5-25(22,23)21(4)13-9-12-19-17(18-2)20(3)14-15-24-16-10-7-6-8-11-16/h6-8,10-11H,5,9,12-15H2,1-4H3,(H,18,19). The molecular formula is C17H30N4O3S. The summed E-state index contributed by atoms with van der Waals surface area (Å²) in [6.07, 6.45) is 0.711. The van der Waals surface area contributed by atoms with Crippen LogP contribution in [0.4, 0.5) is 0 Å². The lowest BCUT2D eigenvalue weighted by Gasteiger charge is -2.22. The fourth-order valence-corrected chi connectivity index (χ4v) is 3.02. The van der Waals surface area contributed by atoms with E-state index in [1.165, 1.54) is 4.31 Å². The number of benzene rings is 1.